The molecule has 0 radical (unpaired) electrons. The molecule has 0 amide bonds. The van der Waals surface area contributed by atoms with E-state index in [2.05, 4.69) is 38.1 Å². The molecule has 0 saturated carbocycles. The van der Waals surface area contributed by atoms with Gasteiger partial charge in [0.05, 0.1) is 6.61 Å². The van der Waals surface area contributed by atoms with Crippen molar-refractivity contribution in [3.05, 3.63) is 99.6 Å². The molecule has 0 aliphatic heterocycles. The Balaban J connectivity index is 1.71. The number of rotatable bonds is 8. The zero-order valence-electron chi connectivity index (χ0n) is 16.3. The van der Waals surface area contributed by atoms with Crippen LogP contribution in [0.2, 0.25) is 5.02 Å². The molecule has 0 aliphatic carbocycles. The molecule has 0 N–H and O–H groups in total. The Morgan fingerprint density at radius 3 is 2.43 bits per heavy atom. The highest BCUT2D eigenvalue weighted by molar-refractivity contribution is 6.30. The Bertz CT molecular complexity index is 932. The van der Waals surface area contributed by atoms with Gasteiger partial charge >= 0.3 is 0 Å². The second-order valence-corrected chi connectivity index (χ2v) is 7.64. The van der Waals surface area contributed by atoms with E-state index in [1.807, 2.05) is 30.3 Å². The molecule has 0 aromatic heterocycles. The molecule has 0 bridgehead atoms. The van der Waals surface area contributed by atoms with E-state index >= 15 is 0 Å². The number of aldehydes is 1. The number of hydrogen-bond acceptors (Lipinski definition) is 2. The van der Waals surface area contributed by atoms with Crippen molar-refractivity contribution in [2.45, 2.75) is 32.6 Å². The summed E-state index contributed by atoms with van der Waals surface area (Å²) in [7, 11) is 0. The number of hydrogen-bond donors (Lipinski definition) is 0. The SMILES string of the molecule is Cc1ccc(CC(CCOc2ccc(C=O)cc2)c2cccc(Cl)c2)cc1C. The molecule has 0 saturated heterocycles. The molecule has 1 atom stereocenters. The summed E-state index contributed by atoms with van der Waals surface area (Å²) < 4.78 is 5.92. The van der Waals surface area contributed by atoms with Crippen LogP contribution in [0.1, 0.15) is 45.0 Å². The molecular formula is C25H25ClO2. The van der Waals surface area contributed by atoms with Crippen LogP contribution in [0.5, 0.6) is 5.75 Å². The molecule has 3 heteroatoms. The highest BCUT2D eigenvalue weighted by Crippen LogP contribution is 2.28. The first-order chi connectivity index (χ1) is 13.5. The first-order valence-corrected chi connectivity index (χ1v) is 9.92. The molecule has 3 rings (SSSR count). The fraction of sp³-hybridized carbons (Fsp3) is 0.240. The lowest BCUT2D eigenvalue weighted by Gasteiger charge is -2.19. The quantitative estimate of drug-likeness (QED) is 0.405. The monoisotopic (exact) mass is 392 g/mol. The van der Waals surface area contributed by atoms with Crippen molar-refractivity contribution >= 4 is 17.9 Å². The third kappa shape index (κ3) is 5.46. The van der Waals surface area contributed by atoms with Gasteiger partial charge in [-0.25, -0.2) is 0 Å². The van der Waals surface area contributed by atoms with E-state index in [1.165, 1.54) is 22.3 Å². The van der Waals surface area contributed by atoms with Crippen molar-refractivity contribution in [3.63, 3.8) is 0 Å². The van der Waals surface area contributed by atoms with Crippen molar-refractivity contribution < 1.29 is 9.53 Å². The Hall–Kier alpha value is -2.58. The van der Waals surface area contributed by atoms with Crippen molar-refractivity contribution in [2.24, 2.45) is 0 Å². The average molecular weight is 393 g/mol. The van der Waals surface area contributed by atoms with Crippen LogP contribution in [-0.2, 0) is 6.42 Å². The van der Waals surface area contributed by atoms with Crippen LogP contribution < -0.4 is 4.74 Å². The van der Waals surface area contributed by atoms with Crippen LogP contribution in [0, 0.1) is 13.8 Å². The predicted molar refractivity (Wildman–Crippen MR) is 116 cm³/mol. The van der Waals surface area contributed by atoms with Gasteiger partial charge in [-0.2, -0.15) is 0 Å². The lowest BCUT2D eigenvalue weighted by atomic mass is 9.88. The summed E-state index contributed by atoms with van der Waals surface area (Å²) >= 11 is 6.24. The summed E-state index contributed by atoms with van der Waals surface area (Å²) in [6.07, 6.45) is 2.65. The standard InChI is InChI=1S/C25H25ClO2/c1-18-6-7-21(14-19(18)2)15-23(22-4-3-5-24(26)16-22)12-13-28-25-10-8-20(17-27)9-11-25/h3-11,14,16-17,23H,12-13,15H2,1-2H3. The lowest BCUT2D eigenvalue weighted by Crippen LogP contribution is -2.09. The number of aryl methyl sites for hydroxylation is 2. The van der Waals surface area contributed by atoms with E-state index < -0.39 is 0 Å². The van der Waals surface area contributed by atoms with E-state index in [4.69, 9.17) is 16.3 Å². The molecule has 2 nitrogen and oxygen atoms in total. The normalized spacial score (nSPS) is 11.8. The molecule has 0 aliphatic rings. The molecule has 1 unspecified atom stereocenters. The molecule has 28 heavy (non-hydrogen) atoms. The Morgan fingerprint density at radius 2 is 1.75 bits per heavy atom. The summed E-state index contributed by atoms with van der Waals surface area (Å²) in [5.74, 6) is 1.09. The number of carbonyl (C=O) groups excluding carboxylic acids is 1. The third-order valence-electron chi connectivity index (χ3n) is 5.12. The fourth-order valence-corrected chi connectivity index (χ4v) is 3.52. The smallest absolute Gasteiger partial charge is 0.150 e. The molecule has 0 spiro atoms. The number of ether oxygens (including phenoxy) is 1. The topological polar surface area (TPSA) is 26.3 Å². The maximum Gasteiger partial charge on any atom is 0.150 e. The Labute approximate surface area is 172 Å². The first kappa shape index (κ1) is 20.2. The molecular weight excluding hydrogens is 368 g/mol. The minimum atomic E-state index is 0.315. The second kappa shape index (κ2) is 9.57. The van der Waals surface area contributed by atoms with Crippen molar-refractivity contribution in [1.29, 1.82) is 0 Å². The van der Waals surface area contributed by atoms with E-state index in [0.29, 0.717) is 18.1 Å². The van der Waals surface area contributed by atoms with Crippen LogP contribution in [0.3, 0.4) is 0 Å². The van der Waals surface area contributed by atoms with Gasteiger partial charge in [0.25, 0.3) is 0 Å². The number of halogens is 1. The van der Waals surface area contributed by atoms with E-state index in [1.54, 1.807) is 12.1 Å². The molecule has 0 heterocycles. The largest absolute Gasteiger partial charge is 0.494 e. The number of benzene rings is 3. The van der Waals surface area contributed by atoms with Gasteiger partial charge in [-0.3, -0.25) is 4.79 Å². The zero-order valence-corrected chi connectivity index (χ0v) is 17.1. The van der Waals surface area contributed by atoms with Crippen molar-refractivity contribution in [3.8, 4) is 5.75 Å². The van der Waals surface area contributed by atoms with Crippen molar-refractivity contribution in [2.75, 3.05) is 6.61 Å². The average Bonchev–Trinajstić information content (AvgIpc) is 2.70. The van der Waals surface area contributed by atoms with Crippen LogP contribution in [0.15, 0.2) is 66.7 Å². The molecule has 3 aromatic carbocycles. The van der Waals surface area contributed by atoms with Gasteiger partial charge in [0.1, 0.15) is 12.0 Å². The minimum absolute atomic E-state index is 0.315. The highest BCUT2D eigenvalue weighted by atomic mass is 35.5. The molecule has 144 valence electrons. The van der Waals surface area contributed by atoms with Crippen LogP contribution in [0.4, 0.5) is 0 Å². The van der Waals surface area contributed by atoms with Gasteiger partial charge in [-0.15, -0.1) is 0 Å². The summed E-state index contributed by atoms with van der Waals surface area (Å²) in [6.45, 7) is 4.89. The van der Waals surface area contributed by atoms with Crippen LogP contribution >= 0.6 is 11.6 Å². The van der Waals surface area contributed by atoms with Gasteiger partial charge < -0.3 is 4.74 Å². The minimum Gasteiger partial charge on any atom is -0.494 e. The van der Waals surface area contributed by atoms with Gasteiger partial charge in [-0.1, -0.05) is 41.9 Å². The van der Waals surface area contributed by atoms with Crippen LogP contribution in [0.25, 0.3) is 0 Å². The maximum atomic E-state index is 10.8. The van der Waals surface area contributed by atoms with E-state index in [-0.39, 0.29) is 0 Å². The first-order valence-electron chi connectivity index (χ1n) is 9.55. The highest BCUT2D eigenvalue weighted by Gasteiger charge is 2.14. The van der Waals surface area contributed by atoms with Gasteiger partial charge in [0.2, 0.25) is 0 Å². The van der Waals surface area contributed by atoms with Gasteiger partial charge in [-0.05, 0) is 91.3 Å². The molecule has 3 aromatic rings. The second-order valence-electron chi connectivity index (χ2n) is 7.20. The van der Waals surface area contributed by atoms with Gasteiger partial charge in [0, 0.05) is 10.6 Å². The lowest BCUT2D eigenvalue weighted by molar-refractivity contribution is 0.112. The maximum absolute atomic E-state index is 10.8. The Kier molecular flexibility index (Phi) is 6.89. The fourth-order valence-electron chi connectivity index (χ4n) is 3.32. The molecule has 0 fully saturated rings. The Morgan fingerprint density at radius 1 is 0.964 bits per heavy atom. The summed E-state index contributed by atoms with van der Waals surface area (Å²) in [5.41, 5.74) is 5.83. The third-order valence-corrected chi connectivity index (χ3v) is 5.36. The summed E-state index contributed by atoms with van der Waals surface area (Å²) in [4.78, 5) is 10.8. The van der Waals surface area contributed by atoms with Crippen molar-refractivity contribution in [1.82, 2.24) is 0 Å². The van der Waals surface area contributed by atoms with E-state index in [9.17, 15) is 4.79 Å². The summed E-state index contributed by atoms with van der Waals surface area (Å²) in [6, 6.07) is 22.0. The predicted octanol–water partition coefficient (Wildman–Crippen LogP) is 6.56. The zero-order chi connectivity index (χ0) is 19.9. The number of carbonyl (C=O) groups is 1. The van der Waals surface area contributed by atoms with Crippen LogP contribution in [-0.4, -0.2) is 12.9 Å². The van der Waals surface area contributed by atoms with Gasteiger partial charge in [0.15, 0.2) is 0 Å². The van der Waals surface area contributed by atoms with E-state index in [0.717, 1.165) is 29.9 Å². The summed E-state index contributed by atoms with van der Waals surface area (Å²) in [5, 5.41) is 0.757.